The van der Waals surface area contributed by atoms with E-state index < -0.39 is 5.60 Å². The molecule has 0 spiro atoms. The second-order valence-electron chi connectivity index (χ2n) is 7.66. The first kappa shape index (κ1) is 17.4. The monoisotopic (exact) mass is 370 g/mol. The minimum Gasteiger partial charge on any atom is -0.390 e. The van der Waals surface area contributed by atoms with Crippen LogP contribution in [0.4, 0.5) is 10.5 Å². The van der Waals surface area contributed by atoms with Crippen LogP contribution in [0, 0.1) is 11.8 Å². The van der Waals surface area contributed by atoms with Crippen LogP contribution in [-0.2, 0) is 6.42 Å². The maximum Gasteiger partial charge on any atom is 0.321 e. The zero-order valence-electron chi connectivity index (χ0n) is 14.6. The van der Waals surface area contributed by atoms with Gasteiger partial charge in [-0.05, 0) is 48.4 Å². The van der Waals surface area contributed by atoms with Crippen molar-refractivity contribution in [2.24, 2.45) is 11.8 Å². The summed E-state index contributed by atoms with van der Waals surface area (Å²) in [4.78, 5) is 14.4. The van der Waals surface area contributed by atoms with Crippen LogP contribution in [0.3, 0.4) is 0 Å². The minimum atomic E-state index is -0.647. The van der Waals surface area contributed by atoms with Gasteiger partial charge in [0.05, 0.1) is 5.60 Å². The van der Waals surface area contributed by atoms with Crippen LogP contribution in [0.1, 0.15) is 18.4 Å². The summed E-state index contributed by atoms with van der Waals surface area (Å²) in [6.07, 6.45) is 2.20. The second-order valence-corrected chi connectivity index (χ2v) is 8.10. The molecule has 2 fully saturated rings. The van der Waals surface area contributed by atoms with E-state index in [-0.39, 0.29) is 6.03 Å². The Morgan fingerprint density at radius 2 is 1.81 bits per heavy atom. The number of amides is 2. The molecule has 2 aromatic carbocycles. The number of aliphatic hydroxyl groups is 1. The summed E-state index contributed by atoms with van der Waals surface area (Å²) in [6, 6.07) is 17.2. The van der Waals surface area contributed by atoms with Crippen molar-refractivity contribution < 1.29 is 9.90 Å². The standard InChI is InChI=1S/C21H23ClN2O2/c22-18-7-4-8-19(9-18)23-20(25)24-13-16-11-21(26,12-17(16)14-24)10-15-5-2-1-3-6-15/h1-9,16-17,26H,10-14H2,(H,23,25)/t16-,17+,21+. The molecule has 26 heavy (non-hydrogen) atoms. The number of halogens is 1. The molecule has 5 heteroatoms. The molecule has 3 atom stereocenters. The fraction of sp³-hybridized carbons (Fsp3) is 0.381. The van der Waals surface area contributed by atoms with E-state index in [1.807, 2.05) is 35.2 Å². The third kappa shape index (κ3) is 3.71. The summed E-state index contributed by atoms with van der Waals surface area (Å²) in [5.41, 5.74) is 1.23. The third-order valence-electron chi connectivity index (χ3n) is 5.60. The zero-order valence-corrected chi connectivity index (χ0v) is 15.3. The number of likely N-dealkylation sites (tertiary alicyclic amines) is 1. The molecule has 136 valence electrons. The van der Waals surface area contributed by atoms with Crippen molar-refractivity contribution in [2.45, 2.75) is 24.9 Å². The minimum absolute atomic E-state index is 0.0896. The van der Waals surface area contributed by atoms with Gasteiger partial charge in [-0.3, -0.25) is 0 Å². The Hall–Kier alpha value is -2.04. The predicted octanol–water partition coefficient (Wildman–Crippen LogP) is 4.19. The number of rotatable bonds is 3. The first-order valence-electron chi connectivity index (χ1n) is 9.09. The lowest BCUT2D eigenvalue weighted by atomic mass is 9.91. The van der Waals surface area contributed by atoms with Crippen LogP contribution in [-0.4, -0.2) is 34.7 Å². The molecule has 0 aromatic heterocycles. The van der Waals surface area contributed by atoms with E-state index in [4.69, 9.17) is 11.6 Å². The van der Waals surface area contributed by atoms with E-state index in [1.165, 1.54) is 5.56 Å². The highest BCUT2D eigenvalue weighted by atomic mass is 35.5. The van der Waals surface area contributed by atoms with E-state index in [0.29, 0.717) is 42.1 Å². The van der Waals surface area contributed by atoms with Crippen LogP contribution >= 0.6 is 11.6 Å². The number of nitrogens with one attached hydrogen (secondary N) is 1. The lowest BCUT2D eigenvalue weighted by Crippen LogP contribution is -2.36. The van der Waals surface area contributed by atoms with Gasteiger partial charge in [0.2, 0.25) is 0 Å². The van der Waals surface area contributed by atoms with Crippen molar-refractivity contribution in [3.63, 3.8) is 0 Å². The van der Waals surface area contributed by atoms with Gasteiger partial charge in [0.15, 0.2) is 0 Å². The molecule has 0 bridgehead atoms. The highest BCUT2D eigenvalue weighted by Crippen LogP contribution is 2.45. The second kappa shape index (κ2) is 6.93. The molecule has 2 N–H and O–H groups in total. The number of urea groups is 1. The quantitative estimate of drug-likeness (QED) is 0.851. The van der Waals surface area contributed by atoms with Gasteiger partial charge in [-0.2, -0.15) is 0 Å². The summed E-state index contributed by atoms with van der Waals surface area (Å²) < 4.78 is 0. The predicted molar refractivity (Wildman–Crippen MR) is 103 cm³/mol. The van der Waals surface area contributed by atoms with Crippen molar-refractivity contribution in [3.05, 3.63) is 65.2 Å². The Balaban J connectivity index is 1.35. The Bertz CT molecular complexity index is 782. The average molecular weight is 371 g/mol. The number of nitrogens with zero attached hydrogens (tertiary/aromatic N) is 1. The topological polar surface area (TPSA) is 52.6 Å². The lowest BCUT2D eigenvalue weighted by Gasteiger charge is -2.26. The van der Waals surface area contributed by atoms with E-state index in [0.717, 1.165) is 12.8 Å². The molecule has 1 aliphatic carbocycles. The van der Waals surface area contributed by atoms with Gasteiger partial charge in [0.1, 0.15) is 0 Å². The van der Waals surface area contributed by atoms with Gasteiger partial charge in [-0.1, -0.05) is 48.0 Å². The van der Waals surface area contributed by atoms with Crippen LogP contribution in [0.15, 0.2) is 54.6 Å². The van der Waals surface area contributed by atoms with Crippen molar-refractivity contribution in [1.82, 2.24) is 4.90 Å². The molecule has 1 saturated heterocycles. The lowest BCUT2D eigenvalue weighted by molar-refractivity contribution is 0.0368. The van der Waals surface area contributed by atoms with Crippen LogP contribution in [0.25, 0.3) is 0 Å². The molecule has 2 amide bonds. The Morgan fingerprint density at radius 3 is 2.46 bits per heavy atom. The number of carbonyl (C=O) groups excluding carboxylic acids is 1. The first-order chi connectivity index (χ1) is 12.5. The zero-order chi connectivity index (χ0) is 18.1. The molecular weight excluding hydrogens is 348 g/mol. The largest absolute Gasteiger partial charge is 0.390 e. The molecule has 1 heterocycles. The van der Waals surface area contributed by atoms with Gasteiger partial charge < -0.3 is 15.3 Å². The van der Waals surface area contributed by atoms with E-state index in [2.05, 4.69) is 17.4 Å². The molecule has 2 aromatic rings. The third-order valence-corrected chi connectivity index (χ3v) is 5.83. The fourth-order valence-corrected chi connectivity index (χ4v) is 4.71. The molecule has 0 unspecified atom stereocenters. The van der Waals surface area contributed by atoms with Crippen LogP contribution < -0.4 is 5.32 Å². The van der Waals surface area contributed by atoms with Gasteiger partial charge in [-0.15, -0.1) is 0 Å². The van der Waals surface area contributed by atoms with Crippen molar-refractivity contribution in [2.75, 3.05) is 18.4 Å². The van der Waals surface area contributed by atoms with E-state index >= 15 is 0 Å². The average Bonchev–Trinajstić information content (AvgIpc) is 3.10. The Labute approximate surface area is 158 Å². The first-order valence-corrected chi connectivity index (χ1v) is 9.46. The number of hydrogen-bond acceptors (Lipinski definition) is 2. The summed E-state index contributed by atoms with van der Waals surface area (Å²) in [5.74, 6) is 0.739. The Morgan fingerprint density at radius 1 is 1.12 bits per heavy atom. The molecule has 2 aliphatic rings. The fourth-order valence-electron chi connectivity index (χ4n) is 4.52. The van der Waals surface area contributed by atoms with Crippen molar-refractivity contribution in [3.8, 4) is 0 Å². The summed E-state index contributed by atoms with van der Waals surface area (Å²) in [7, 11) is 0. The number of benzene rings is 2. The van der Waals surface area contributed by atoms with Crippen molar-refractivity contribution >= 4 is 23.3 Å². The Kier molecular flexibility index (Phi) is 4.63. The molecule has 1 saturated carbocycles. The van der Waals surface area contributed by atoms with Gasteiger partial charge >= 0.3 is 6.03 Å². The SMILES string of the molecule is O=C(Nc1cccc(Cl)c1)N1C[C@@H]2C[C@](O)(Cc3ccccc3)C[C@@H]2C1. The summed E-state index contributed by atoms with van der Waals surface area (Å²) >= 11 is 5.97. The van der Waals surface area contributed by atoms with Crippen molar-refractivity contribution in [1.29, 1.82) is 0 Å². The van der Waals surface area contributed by atoms with Gasteiger partial charge in [-0.25, -0.2) is 4.79 Å². The highest BCUT2D eigenvalue weighted by molar-refractivity contribution is 6.30. The smallest absolute Gasteiger partial charge is 0.321 e. The maximum absolute atomic E-state index is 12.5. The number of hydrogen-bond donors (Lipinski definition) is 2. The number of fused-ring (bicyclic) bond motifs is 1. The molecule has 4 rings (SSSR count). The molecule has 0 radical (unpaired) electrons. The molecular formula is C21H23ClN2O2. The van der Waals surface area contributed by atoms with Gasteiger partial charge in [0, 0.05) is 30.2 Å². The molecule has 1 aliphatic heterocycles. The van der Waals surface area contributed by atoms with Crippen LogP contribution in [0.2, 0.25) is 5.02 Å². The molecule has 4 nitrogen and oxygen atoms in total. The highest BCUT2D eigenvalue weighted by Gasteiger charge is 2.49. The number of carbonyl (C=O) groups is 1. The van der Waals surface area contributed by atoms with E-state index in [1.54, 1.807) is 12.1 Å². The van der Waals surface area contributed by atoms with Gasteiger partial charge in [0.25, 0.3) is 0 Å². The van der Waals surface area contributed by atoms with Crippen LogP contribution in [0.5, 0.6) is 0 Å². The summed E-state index contributed by atoms with van der Waals surface area (Å²) in [5, 5.41) is 14.5. The normalized spacial score (nSPS) is 27.4. The summed E-state index contributed by atoms with van der Waals surface area (Å²) in [6.45, 7) is 1.41. The number of anilines is 1. The maximum atomic E-state index is 12.5. The van der Waals surface area contributed by atoms with E-state index in [9.17, 15) is 9.90 Å².